The molecule has 0 saturated heterocycles. The Morgan fingerprint density at radius 1 is 0.933 bits per heavy atom. The van der Waals surface area contributed by atoms with Gasteiger partial charge in [0.1, 0.15) is 0 Å². The van der Waals surface area contributed by atoms with E-state index in [2.05, 4.69) is 10.1 Å². The van der Waals surface area contributed by atoms with Gasteiger partial charge in [0.2, 0.25) is 10.7 Å². The minimum Gasteiger partial charge on any atom is -0.493 e. The molecule has 0 aliphatic carbocycles. The number of hydrogen-bond acceptors (Lipinski definition) is 7. The molecule has 0 aliphatic rings. The monoisotopic (exact) mass is 421 g/mol. The molecular formula is C22H19N3O4S. The Hall–Kier alpha value is -3.65. The van der Waals surface area contributed by atoms with Crippen LogP contribution in [0.2, 0.25) is 0 Å². The number of nitrogens with zero attached hydrogens (tertiary/aromatic N) is 3. The van der Waals surface area contributed by atoms with Crippen LogP contribution in [-0.2, 0) is 0 Å². The fraction of sp³-hybridized carbons (Fsp3) is 0.136. The Kier molecular flexibility index (Phi) is 5.49. The smallest absolute Gasteiger partial charge is 0.291 e. The van der Waals surface area contributed by atoms with E-state index in [9.17, 15) is 4.79 Å². The van der Waals surface area contributed by atoms with E-state index in [1.54, 1.807) is 45.6 Å². The summed E-state index contributed by atoms with van der Waals surface area (Å²) in [5.41, 5.74) is 1.56. The van der Waals surface area contributed by atoms with E-state index in [4.69, 9.17) is 14.2 Å². The molecule has 0 unspecified atom stereocenters. The number of hydrogen-bond donors (Lipinski definition) is 0. The molecule has 0 radical (unpaired) electrons. The Morgan fingerprint density at radius 3 is 2.23 bits per heavy atom. The molecule has 0 N–H and O–H groups in total. The molecule has 0 bridgehead atoms. The fourth-order valence-electron chi connectivity index (χ4n) is 2.99. The van der Waals surface area contributed by atoms with Crippen molar-refractivity contribution in [3.63, 3.8) is 0 Å². The molecule has 4 rings (SSSR count). The Morgan fingerprint density at radius 2 is 1.63 bits per heavy atom. The van der Waals surface area contributed by atoms with Crippen molar-refractivity contribution in [1.29, 1.82) is 0 Å². The van der Waals surface area contributed by atoms with Crippen LogP contribution >= 0.6 is 11.3 Å². The van der Waals surface area contributed by atoms with Crippen LogP contribution in [0.3, 0.4) is 0 Å². The van der Waals surface area contributed by atoms with Gasteiger partial charge >= 0.3 is 0 Å². The Balaban J connectivity index is 1.71. The lowest BCUT2D eigenvalue weighted by Crippen LogP contribution is -2.23. The Labute approximate surface area is 176 Å². The summed E-state index contributed by atoms with van der Waals surface area (Å²) in [6.07, 6.45) is 5.46. The average molecular weight is 421 g/mol. The summed E-state index contributed by atoms with van der Waals surface area (Å²) >= 11 is 1.27. The van der Waals surface area contributed by atoms with Crippen molar-refractivity contribution in [2.45, 2.75) is 0 Å². The van der Waals surface area contributed by atoms with E-state index in [0.717, 1.165) is 11.1 Å². The predicted octanol–water partition coefficient (Wildman–Crippen LogP) is 2.89. The first-order valence-electron chi connectivity index (χ1n) is 9.07. The topological polar surface area (TPSA) is 75.0 Å². The van der Waals surface area contributed by atoms with Gasteiger partial charge in [0.05, 0.1) is 25.9 Å². The average Bonchev–Trinajstić information content (AvgIpc) is 3.30. The van der Waals surface area contributed by atoms with Crippen LogP contribution in [0.1, 0.15) is 17.0 Å². The van der Waals surface area contributed by atoms with Crippen LogP contribution in [0.5, 0.6) is 17.2 Å². The van der Waals surface area contributed by atoms with Crippen molar-refractivity contribution in [3.8, 4) is 17.2 Å². The largest absolute Gasteiger partial charge is 0.493 e. The predicted molar refractivity (Wildman–Crippen MR) is 117 cm³/mol. The standard InChI is InChI=1S/C22H19N3O4S/c1-27-16-11-15(12-17(28-2)20(16)29-3)13-18-21(26)25-22(30-18)23-19(24-25)10-9-14-7-5-4-6-8-14/h4-13H,1-3H3. The van der Waals surface area contributed by atoms with E-state index >= 15 is 0 Å². The molecule has 2 aromatic heterocycles. The quantitative estimate of drug-likeness (QED) is 0.477. The van der Waals surface area contributed by atoms with E-state index in [1.807, 2.05) is 36.4 Å². The van der Waals surface area contributed by atoms with Crippen molar-refractivity contribution < 1.29 is 14.2 Å². The molecule has 152 valence electrons. The van der Waals surface area contributed by atoms with Crippen molar-refractivity contribution in [2.24, 2.45) is 0 Å². The number of rotatable bonds is 6. The van der Waals surface area contributed by atoms with Crippen molar-refractivity contribution >= 4 is 34.5 Å². The summed E-state index contributed by atoms with van der Waals surface area (Å²) in [6, 6.07) is 13.4. The molecule has 0 amide bonds. The molecule has 0 saturated carbocycles. The van der Waals surface area contributed by atoms with Gasteiger partial charge in [0.15, 0.2) is 17.3 Å². The highest BCUT2D eigenvalue weighted by Gasteiger charge is 2.13. The van der Waals surface area contributed by atoms with Gasteiger partial charge in [-0.05, 0) is 35.4 Å². The molecule has 0 fully saturated rings. The van der Waals surface area contributed by atoms with Crippen LogP contribution in [0.4, 0.5) is 0 Å². The molecule has 0 spiro atoms. The third-order valence-electron chi connectivity index (χ3n) is 4.41. The molecule has 0 atom stereocenters. The molecule has 2 heterocycles. The van der Waals surface area contributed by atoms with E-state index in [0.29, 0.717) is 32.6 Å². The zero-order valence-electron chi connectivity index (χ0n) is 16.7. The minimum absolute atomic E-state index is 0.226. The summed E-state index contributed by atoms with van der Waals surface area (Å²) in [5, 5.41) is 4.31. The molecule has 30 heavy (non-hydrogen) atoms. The third kappa shape index (κ3) is 3.77. The molecule has 7 nitrogen and oxygen atoms in total. The van der Waals surface area contributed by atoms with Crippen LogP contribution in [0, 0.1) is 0 Å². The maximum atomic E-state index is 12.8. The summed E-state index contributed by atoms with van der Waals surface area (Å²) in [4.78, 5) is 17.8. The summed E-state index contributed by atoms with van der Waals surface area (Å²) in [6.45, 7) is 0. The summed E-state index contributed by atoms with van der Waals surface area (Å²) in [7, 11) is 4.64. The number of aromatic nitrogens is 3. The highest BCUT2D eigenvalue weighted by atomic mass is 32.1. The zero-order valence-corrected chi connectivity index (χ0v) is 17.5. The van der Waals surface area contributed by atoms with Crippen LogP contribution in [0.25, 0.3) is 23.2 Å². The van der Waals surface area contributed by atoms with Gasteiger partial charge in [-0.25, -0.2) is 0 Å². The van der Waals surface area contributed by atoms with Crippen LogP contribution in [-0.4, -0.2) is 35.9 Å². The zero-order chi connectivity index (χ0) is 21.1. The van der Waals surface area contributed by atoms with Gasteiger partial charge in [0, 0.05) is 0 Å². The van der Waals surface area contributed by atoms with Gasteiger partial charge in [-0.15, -0.1) is 5.10 Å². The van der Waals surface area contributed by atoms with Crippen molar-refractivity contribution in [1.82, 2.24) is 14.6 Å². The second-order valence-corrected chi connectivity index (χ2v) is 7.29. The number of methoxy groups -OCH3 is 3. The maximum Gasteiger partial charge on any atom is 0.291 e. The maximum absolute atomic E-state index is 12.8. The SMILES string of the molecule is COc1cc(C=c2sc3nc(C=Cc4ccccc4)nn3c2=O)cc(OC)c1OC. The summed E-state index contributed by atoms with van der Waals surface area (Å²) < 4.78 is 17.9. The lowest BCUT2D eigenvalue weighted by Gasteiger charge is -2.12. The number of fused-ring (bicyclic) bond motifs is 1. The third-order valence-corrected chi connectivity index (χ3v) is 5.37. The van der Waals surface area contributed by atoms with E-state index in [-0.39, 0.29) is 5.56 Å². The number of thiazole rings is 1. The van der Waals surface area contributed by atoms with Gasteiger partial charge < -0.3 is 14.2 Å². The number of benzene rings is 2. The second-order valence-electron chi connectivity index (χ2n) is 6.28. The van der Waals surface area contributed by atoms with E-state index in [1.165, 1.54) is 15.9 Å². The molecule has 4 aromatic rings. The minimum atomic E-state index is -0.226. The van der Waals surface area contributed by atoms with Gasteiger partial charge in [-0.2, -0.15) is 9.50 Å². The lowest BCUT2D eigenvalue weighted by atomic mass is 10.1. The first kappa shape index (κ1) is 19.7. The van der Waals surface area contributed by atoms with Gasteiger partial charge in [0.25, 0.3) is 5.56 Å². The first-order chi connectivity index (χ1) is 14.6. The second kappa shape index (κ2) is 8.38. The first-order valence-corrected chi connectivity index (χ1v) is 9.89. The summed E-state index contributed by atoms with van der Waals surface area (Å²) in [5.74, 6) is 2.02. The highest BCUT2D eigenvalue weighted by Crippen LogP contribution is 2.38. The number of ether oxygens (including phenoxy) is 3. The van der Waals surface area contributed by atoms with Crippen LogP contribution in [0.15, 0.2) is 47.3 Å². The lowest BCUT2D eigenvalue weighted by molar-refractivity contribution is 0.324. The fourth-order valence-corrected chi connectivity index (χ4v) is 3.91. The molecule has 2 aromatic carbocycles. The molecular weight excluding hydrogens is 402 g/mol. The van der Waals surface area contributed by atoms with Crippen molar-refractivity contribution in [3.05, 3.63) is 74.3 Å². The molecule has 8 heteroatoms. The van der Waals surface area contributed by atoms with Crippen molar-refractivity contribution in [2.75, 3.05) is 21.3 Å². The molecule has 0 aliphatic heterocycles. The highest BCUT2D eigenvalue weighted by molar-refractivity contribution is 7.15. The van der Waals surface area contributed by atoms with Gasteiger partial charge in [-0.3, -0.25) is 4.79 Å². The van der Waals surface area contributed by atoms with E-state index < -0.39 is 0 Å². The van der Waals surface area contributed by atoms with Gasteiger partial charge in [-0.1, -0.05) is 47.7 Å². The van der Waals surface area contributed by atoms with Crippen LogP contribution < -0.4 is 24.3 Å². The Bertz CT molecular complexity index is 1300. The normalized spacial score (nSPS) is 12.0.